The second-order valence-corrected chi connectivity index (χ2v) is 6.53. The second kappa shape index (κ2) is 7.42. The number of aromatic nitrogens is 2. The molecule has 1 N–H and O–H groups in total. The zero-order chi connectivity index (χ0) is 17.8. The van der Waals surface area contributed by atoms with Crippen LogP contribution in [0.25, 0.3) is 0 Å². The number of benzene rings is 1. The lowest BCUT2D eigenvalue weighted by Gasteiger charge is -2.30. The van der Waals surface area contributed by atoms with Gasteiger partial charge in [-0.3, -0.25) is 9.59 Å². The van der Waals surface area contributed by atoms with Gasteiger partial charge in [0.1, 0.15) is 5.69 Å². The normalized spacial score (nSPS) is 17.2. The third-order valence-corrected chi connectivity index (χ3v) is 4.34. The molecule has 1 fully saturated rings. The van der Waals surface area contributed by atoms with Gasteiger partial charge in [0.05, 0.1) is 0 Å². The first-order chi connectivity index (χ1) is 12.0. The van der Waals surface area contributed by atoms with E-state index in [0.29, 0.717) is 28.8 Å². The van der Waals surface area contributed by atoms with Gasteiger partial charge in [-0.1, -0.05) is 19.1 Å². The highest BCUT2D eigenvalue weighted by atomic mass is 16.2. The molecule has 6 heteroatoms. The van der Waals surface area contributed by atoms with Crippen molar-refractivity contribution in [2.45, 2.75) is 26.7 Å². The predicted octanol–water partition coefficient (Wildman–Crippen LogP) is 3.17. The fourth-order valence-corrected chi connectivity index (χ4v) is 3.01. The quantitative estimate of drug-likeness (QED) is 0.867. The summed E-state index contributed by atoms with van der Waals surface area (Å²) in [5, 5.41) is 2.79. The number of hydrogen-bond donors (Lipinski definition) is 1. The summed E-state index contributed by atoms with van der Waals surface area (Å²) in [7, 11) is 0. The van der Waals surface area contributed by atoms with Crippen molar-refractivity contribution in [3.8, 4) is 0 Å². The summed E-state index contributed by atoms with van der Waals surface area (Å²) in [6, 6.07) is 8.47. The highest BCUT2D eigenvalue weighted by molar-refractivity contribution is 6.04. The highest BCUT2D eigenvalue weighted by Gasteiger charge is 2.19. The molecule has 0 radical (unpaired) electrons. The fraction of sp³-hybridized carbons (Fsp3) is 0.368. The van der Waals surface area contributed by atoms with E-state index in [1.165, 1.54) is 13.3 Å². The molecule has 130 valence electrons. The highest BCUT2D eigenvalue weighted by Crippen LogP contribution is 2.20. The van der Waals surface area contributed by atoms with Crippen molar-refractivity contribution in [2.24, 2.45) is 5.92 Å². The Morgan fingerprint density at radius 1 is 1.28 bits per heavy atom. The number of amides is 1. The molecule has 2 aromatic rings. The molecule has 1 saturated heterocycles. The number of nitrogens with one attached hydrogen (secondary N) is 1. The Balaban J connectivity index is 1.75. The van der Waals surface area contributed by atoms with Crippen LogP contribution in [0.15, 0.2) is 36.5 Å². The van der Waals surface area contributed by atoms with Gasteiger partial charge < -0.3 is 10.2 Å². The van der Waals surface area contributed by atoms with Gasteiger partial charge >= 0.3 is 0 Å². The number of anilines is 2. The molecule has 2 heterocycles. The fourth-order valence-electron chi connectivity index (χ4n) is 3.01. The maximum absolute atomic E-state index is 12.5. The van der Waals surface area contributed by atoms with Crippen molar-refractivity contribution in [2.75, 3.05) is 23.3 Å². The Hall–Kier alpha value is -2.76. The van der Waals surface area contributed by atoms with Gasteiger partial charge in [0.15, 0.2) is 5.78 Å². The lowest BCUT2D eigenvalue weighted by atomic mass is 10.0. The largest absolute Gasteiger partial charge is 0.341 e. The van der Waals surface area contributed by atoms with Gasteiger partial charge in [-0.05, 0) is 43.9 Å². The molecule has 1 unspecified atom stereocenters. The van der Waals surface area contributed by atoms with Gasteiger partial charge in [-0.15, -0.1) is 0 Å². The average molecular weight is 338 g/mol. The van der Waals surface area contributed by atoms with E-state index in [4.69, 9.17) is 0 Å². The van der Waals surface area contributed by atoms with Gasteiger partial charge in [0, 0.05) is 30.5 Å². The van der Waals surface area contributed by atoms with Crippen LogP contribution in [-0.4, -0.2) is 34.7 Å². The van der Waals surface area contributed by atoms with Crippen LogP contribution in [0, 0.1) is 5.92 Å². The van der Waals surface area contributed by atoms with E-state index in [1.807, 2.05) is 0 Å². The minimum atomic E-state index is -0.311. The van der Waals surface area contributed by atoms with Crippen LogP contribution in [-0.2, 0) is 0 Å². The van der Waals surface area contributed by atoms with Gasteiger partial charge in [-0.2, -0.15) is 0 Å². The molecular weight excluding hydrogens is 316 g/mol. The SMILES string of the molecule is CC(=O)c1cccc(NC(=O)c2ccnc(N3CCCC(C)C3)n2)c1. The molecule has 3 rings (SSSR count). The molecule has 6 nitrogen and oxygen atoms in total. The molecule has 0 aliphatic carbocycles. The lowest BCUT2D eigenvalue weighted by Crippen LogP contribution is -2.35. The molecule has 1 aliphatic heterocycles. The summed E-state index contributed by atoms with van der Waals surface area (Å²) in [5.74, 6) is 0.842. The van der Waals surface area contributed by atoms with Gasteiger partial charge in [-0.25, -0.2) is 9.97 Å². The third kappa shape index (κ3) is 4.21. The van der Waals surface area contributed by atoms with E-state index in [9.17, 15) is 9.59 Å². The molecule has 1 aliphatic rings. The Morgan fingerprint density at radius 2 is 2.12 bits per heavy atom. The zero-order valence-corrected chi connectivity index (χ0v) is 14.5. The molecule has 25 heavy (non-hydrogen) atoms. The van der Waals surface area contributed by atoms with Gasteiger partial charge in [0.2, 0.25) is 5.95 Å². The van der Waals surface area contributed by atoms with Crippen molar-refractivity contribution in [1.82, 2.24) is 9.97 Å². The second-order valence-electron chi connectivity index (χ2n) is 6.53. The van der Waals surface area contributed by atoms with Crippen LogP contribution in [0.3, 0.4) is 0 Å². The Morgan fingerprint density at radius 3 is 2.88 bits per heavy atom. The van der Waals surface area contributed by atoms with Crippen LogP contribution < -0.4 is 10.2 Å². The summed E-state index contributed by atoms with van der Waals surface area (Å²) in [5.41, 5.74) is 1.45. The minimum absolute atomic E-state index is 0.0420. The summed E-state index contributed by atoms with van der Waals surface area (Å²) < 4.78 is 0. The number of nitrogens with zero attached hydrogens (tertiary/aromatic N) is 3. The topological polar surface area (TPSA) is 75.2 Å². The summed E-state index contributed by atoms with van der Waals surface area (Å²) in [4.78, 5) is 34.8. The number of carbonyl (C=O) groups is 2. The monoisotopic (exact) mass is 338 g/mol. The predicted molar refractivity (Wildman–Crippen MR) is 97.0 cm³/mol. The third-order valence-electron chi connectivity index (χ3n) is 4.34. The molecule has 1 atom stereocenters. The maximum Gasteiger partial charge on any atom is 0.274 e. The Kier molecular flexibility index (Phi) is 5.07. The van der Waals surface area contributed by atoms with Crippen LogP contribution in [0.2, 0.25) is 0 Å². The van der Waals surface area contributed by atoms with Crippen LogP contribution in [0.4, 0.5) is 11.6 Å². The first-order valence-electron chi connectivity index (χ1n) is 8.53. The zero-order valence-electron chi connectivity index (χ0n) is 14.5. The van der Waals surface area contributed by atoms with Crippen LogP contribution in [0.5, 0.6) is 0 Å². The van der Waals surface area contributed by atoms with E-state index < -0.39 is 0 Å². The molecule has 1 amide bonds. The molecule has 0 bridgehead atoms. The maximum atomic E-state index is 12.5. The number of piperidine rings is 1. The van der Waals surface area contributed by atoms with E-state index >= 15 is 0 Å². The number of rotatable bonds is 4. The minimum Gasteiger partial charge on any atom is -0.341 e. The molecule has 1 aromatic heterocycles. The smallest absolute Gasteiger partial charge is 0.274 e. The van der Waals surface area contributed by atoms with Crippen molar-refractivity contribution >= 4 is 23.3 Å². The summed E-state index contributed by atoms with van der Waals surface area (Å²) >= 11 is 0. The molecule has 0 spiro atoms. The van der Waals surface area contributed by atoms with Crippen molar-refractivity contribution < 1.29 is 9.59 Å². The molecule has 0 saturated carbocycles. The Bertz CT molecular complexity index is 790. The first kappa shape index (κ1) is 17.1. The number of carbonyl (C=O) groups excluding carboxylic acids is 2. The van der Waals surface area contributed by atoms with E-state index in [0.717, 1.165) is 19.5 Å². The number of hydrogen-bond acceptors (Lipinski definition) is 5. The lowest BCUT2D eigenvalue weighted by molar-refractivity contribution is 0.100. The number of Topliss-reactive ketones (excluding diaryl/α,β-unsaturated/α-hetero) is 1. The molecule has 1 aromatic carbocycles. The van der Waals surface area contributed by atoms with Crippen molar-refractivity contribution in [3.63, 3.8) is 0 Å². The molecular formula is C19H22N4O2. The standard InChI is InChI=1S/C19H22N4O2/c1-13-5-4-10-23(12-13)19-20-9-8-17(22-19)18(25)21-16-7-3-6-15(11-16)14(2)24/h3,6-9,11,13H,4-5,10,12H2,1-2H3,(H,21,25). The van der Waals surface area contributed by atoms with E-state index in [1.54, 1.807) is 36.5 Å². The average Bonchev–Trinajstić information content (AvgIpc) is 2.62. The van der Waals surface area contributed by atoms with Crippen LogP contribution >= 0.6 is 0 Å². The first-order valence-corrected chi connectivity index (χ1v) is 8.53. The van der Waals surface area contributed by atoms with Crippen molar-refractivity contribution in [1.29, 1.82) is 0 Å². The Labute approximate surface area is 147 Å². The van der Waals surface area contributed by atoms with Gasteiger partial charge in [0.25, 0.3) is 5.91 Å². The number of ketones is 1. The summed E-state index contributed by atoms with van der Waals surface area (Å²) in [6.07, 6.45) is 3.93. The summed E-state index contributed by atoms with van der Waals surface area (Å²) in [6.45, 7) is 5.53. The van der Waals surface area contributed by atoms with Crippen LogP contribution in [0.1, 0.15) is 47.5 Å². The van der Waals surface area contributed by atoms with E-state index in [2.05, 4.69) is 27.1 Å². The van der Waals surface area contributed by atoms with Crippen molar-refractivity contribution in [3.05, 3.63) is 47.8 Å². The van der Waals surface area contributed by atoms with E-state index in [-0.39, 0.29) is 11.7 Å².